The molecule has 3 aromatic heterocycles. The Labute approximate surface area is 221 Å². The molecule has 3 aromatic carbocycles. The zero-order chi connectivity index (χ0) is 27.3. The third kappa shape index (κ3) is 4.21. The van der Waals surface area contributed by atoms with Gasteiger partial charge in [0, 0.05) is 29.7 Å². The van der Waals surface area contributed by atoms with Gasteiger partial charge in [0.15, 0.2) is 11.6 Å². The first-order chi connectivity index (χ1) is 18.8. The molecule has 0 atom stereocenters. The average Bonchev–Trinajstić information content (AvgIpc) is 3.65. The maximum absolute atomic E-state index is 14.0. The quantitative estimate of drug-likeness (QED) is 0.262. The molecule has 0 radical (unpaired) electrons. The van der Waals surface area contributed by atoms with Gasteiger partial charge in [-0.1, -0.05) is 18.2 Å². The number of ether oxygens (including phenoxy) is 1. The van der Waals surface area contributed by atoms with Gasteiger partial charge in [-0.15, -0.1) is 0 Å². The number of aryl methyl sites for hydroxylation is 2. The van der Waals surface area contributed by atoms with Crippen LogP contribution in [0.15, 0.2) is 79.1 Å². The summed E-state index contributed by atoms with van der Waals surface area (Å²) in [6.07, 6.45) is 3.29. The molecule has 0 spiro atoms. The number of halogens is 2. The van der Waals surface area contributed by atoms with Crippen molar-refractivity contribution in [2.75, 3.05) is 5.73 Å². The topological polar surface area (TPSA) is 104 Å². The van der Waals surface area contributed by atoms with Gasteiger partial charge in [-0.05, 0) is 61.0 Å². The molecule has 0 fully saturated rings. The minimum atomic E-state index is -1.07. The van der Waals surface area contributed by atoms with Crippen molar-refractivity contribution >= 4 is 22.5 Å². The summed E-state index contributed by atoms with van der Waals surface area (Å²) in [5.41, 5.74) is 10.8. The number of anilines is 1. The highest BCUT2D eigenvalue weighted by Crippen LogP contribution is 2.31. The standard InChI is InChI=1S/C29H22F2N6O2/c1-16-13-17(39-26-8-4-6-21(30)27(26)31)9-10-25(16)37-29(32)20(15-33-37)28(38)24-14-19-18(5-3-7-22(19)34-24)23-11-12-36(2)35-23/h3-15,34H,32H2,1-2H3. The zero-order valence-corrected chi connectivity index (χ0v) is 20.9. The molecule has 0 aliphatic rings. The molecular formula is C29H22F2N6O2. The largest absolute Gasteiger partial charge is 0.454 e. The summed E-state index contributed by atoms with van der Waals surface area (Å²) in [7, 11) is 1.85. The predicted octanol–water partition coefficient (Wildman–Crippen LogP) is 5.95. The van der Waals surface area contributed by atoms with Crippen molar-refractivity contribution in [3.05, 3.63) is 108 Å². The van der Waals surface area contributed by atoms with Crippen LogP contribution >= 0.6 is 0 Å². The fourth-order valence-electron chi connectivity index (χ4n) is 4.55. The Hall–Kier alpha value is -5.25. The van der Waals surface area contributed by atoms with E-state index in [2.05, 4.69) is 15.2 Å². The molecule has 10 heteroatoms. The monoisotopic (exact) mass is 524 g/mol. The summed E-state index contributed by atoms with van der Waals surface area (Å²) in [6.45, 7) is 1.80. The van der Waals surface area contributed by atoms with Crippen LogP contribution in [0, 0.1) is 18.6 Å². The van der Waals surface area contributed by atoms with Crippen molar-refractivity contribution in [3.63, 3.8) is 0 Å². The van der Waals surface area contributed by atoms with Gasteiger partial charge in [-0.2, -0.15) is 14.6 Å². The number of H-pyrrole nitrogens is 1. The highest BCUT2D eigenvalue weighted by molar-refractivity contribution is 6.13. The number of fused-ring (bicyclic) bond motifs is 1. The zero-order valence-electron chi connectivity index (χ0n) is 20.9. The molecule has 0 bridgehead atoms. The number of aromatic nitrogens is 5. The average molecular weight is 525 g/mol. The first-order valence-corrected chi connectivity index (χ1v) is 12.0. The summed E-state index contributed by atoms with van der Waals surface area (Å²) >= 11 is 0. The number of aromatic amines is 1. The van der Waals surface area contributed by atoms with E-state index in [4.69, 9.17) is 10.5 Å². The van der Waals surface area contributed by atoms with Crippen molar-refractivity contribution in [1.82, 2.24) is 24.5 Å². The molecule has 6 rings (SSSR count). The van der Waals surface area contributed by atoms with E-state index in [1.165, 1.54) is 23.0 Å². The number of nitrogens with zero attached hydrogens (tertiary/aromatic N) is 4. The van der Waals surface area contributed by atoms with E-state index in [1.807, 2.05) is 37.5 Å². The van der Waals surface area contributed by atoms with Crippen LogP contribution in [0.2, 0.25) is 0 Å². The number of hydrogen-bond donors (Lipinski definition) is 2. The Bertz CT molecular complexity index is 1880. The van der Waals surface area contributed by atoms with Gasteiger partial charge < -0.3 is 15.5 Å². The van der Waals surface area contributed by atoms with E-state index >= 15 is 0 Å². The number of rotatable bonds is 6. The van der Waals surface area contributed by atoms with Crippen molar-refractivity contribution < 1.29 is 18.3 Å². The molecule has 194 valence electrons. The van der Waals surface area contributed by atoms with E-state index in [0.717, 1.165) is 28.2 Å². The molecule has 6 aromatic rings. The van der Waals surface area contributed by atoms with E-state index in [0.29, 0.717) is 22.7 Å². The van der Waals surface area contributed by atoms with Gasteiger partial charge in [-0.3, -0.25) is 9.48 Å². The molecule has 39 heavy (non-hydrogen) atoms. The molecule has 0 saturated carbocycles. The molecule has 0 aliphatic carbocycles. The van der Waals surface area contributed by atoms with Crippen molar-refractivity contribution in [3.8, 4) is 28.4 Å². The van der Waals surface area contributed by atoms with Gasteiger partial charge >= 0.3 is 0 Å². The smallest absolute Gasteiger partial charge is 0.214 e. The number of hydrogen-bond acceptors (Lipinski definition) is 5. The van der Waals surface area contributed by atoms with Crippen LogP contribution in [-0.2, 0) is 7.05 Å². The Morgan fingerprint density at radius 3 is 2.64 bits per heavy atom. The molecule has 3 N–H and O–H groups in total. The Morgan fingerprint density at radius 1 is 1.05 bits per heavy atom. The first-order valence-electron chi connectivity index (χ1n) is 12.0. The van der Waals surface area contributed by atoms with Crippen LogP contribution in [-0.4, -0.2) is 30.3 Å². The summed E-state index contributed by atoms with van der Waals surface area (Å²) < 4.78 is 36.2. The van der Waals surface area contributed by atoms with E-state index < -0.39 is 11.6 Å². The van der Waals surface area contributed by atoms with Gasteiger partial charge in [-0.25, -0.2) is 9.07 Å². The Balaban J connectivity index is 1.30. The van der Waals surface area contributed by atoms with E-state index in [-0.39, 0.29) is 22.9 Å². The summed E-state index contributed by atoms with van der Waals surface area (Å²) in [5.74, 6) is -2.12. The lowest BCUT2D eigenvalue weighted by atomic mass is 10.1. The second-order valence-electron chi connectivity index (χ2n) is 9.11. The van der Waals surface area contributed by atoms with Crippen LogP contribution in [0.25, 0.3) is 27.8 Å². The Morgan fingerprint density at radius 2 is 1.87 bits per heavy atom. The third-order valence-electron chi connectivity index (χ3n) is 6.49. The fraction of sp³-hybridized carbons (Fsp3) is 0.0690. The number of benzene rings is 3. The van der Waals surface area contributed by atoms with Gasteiger partial charge in [0.2, 0.25) is 11.6 Å². The molecule has 3 heterocycles. The van der Waals surface area contributed by atoms with Gasteiger partial charge in [0.05, 0.1) is 28.8 Å². The molecule has 0 saturated heterocycles. The number of nitrogen functional groups attached to an aromatic ring is 1. The van der Waals surface area contributed by atoms with Crippen LogP contribution in [0.1, 0.15) is 21.6 Å². The van der Waals surface area contributed by atoms with Crippen LogP contribution < -0.4 is 10.5 Å². The van der Waals surface area contributed by atoms with Crippen LogP contribution in [0.4, 0.5) is 14.6 Å². The molecule has 8 nitrogen and oxygen atoms in total. The number of ketones is 1. The molecule has 0 unspecified atom stereocenters. The SMILES string of the molecule is Cc1cc(Oc2cccc(F)c2F)ccc1-n1ncc(C(=O)c2cc3c(-c4ccn(C)n4)cccc3[nH]2)c1N. The maximum Gasteiger partial charge on any atom is 0.214 e. The van der Waals surface area contributed by atoms with Crippen molar-refractivity contribution in [1.29, 1.82) is 0 Å². The highest BCUT2D eigenvalue weighted by atomic mass is 19.2. The number of nitrogens with two attached hydrogens (primary N) is 1. The predicted molar refractivity (Wildman–Crippen MR) is 143 cm³/mol. The van der Waals surface area contributed by atoms with Crippen molar-refractivity contribution in [2.24, 2.45) is 7.05 Å². The number of carbonyl (C=O) groups excluding carboxylic acids is 1. The third-order valence-corrected chi connectivity index (χ3v) is 6.49. The second kappa shape index (κ2) is 9.25. The molecule has 0 aliphatic heterocycles. The summed E-state index contributed by atoms with van der Waals surface area (Å²) in [6, 6.07) is 18.1. The van der Waals surface area contributed by atoms with Crippen molar-refractivity contribution in [2.45, 2.75) is 6.92 Å². The minimum absolute atomic E-state index is 0.163. The lowest BCUT2D eigenvalue weighted by Gasteiger charge is -2.12. The summed E-state index contributed by atoms with van der Waals surface area (Å²) in [5, 5.41) is 9.70. The summed E-state index contributed by atoms with van der Waals surface area (Å²) in [4.78, 5) is 16.7. The number of carbonyl (C=O) groups is 1. The normalized spacial score (nSPS) is 11.3. The lowest BCUT2D eigenvalue weighted by molar-refractivity contribution is 0.103. The van der Waals surface area contributed by atoms with E-state index in [9.17, 15) is 13.6 Å². The number of nitrogens with one attached hydrogen (secondary N) is 1. The molecular weight excluding hydrogens is 502 g/mol. The highest BCUT2D eigenvalue weighted by Gasteiger charge is 2.21. The fourth-order valence-corrected chi connectivity index (χ4v) is 4.55. The molecule has 0 amide bonds. The first kappa shape index (κ1) is 24.1. The minimum Gasteiger partial charge on any atom is -0.454 e. The van der Waals surface area contributed by atoms with E-state index in [1.54, 1.807) is 35.9 Å². The Kier molecular flexibility index (Phi) is 5.72. The van der Waals surface area contributed by atoms with Crippen LogP contribution in [0.3, 0.4) is 0 Å². The van der Waals surface area contributed by atoms with Gasteiger partial charge in [0.1, 0.15) is 11.6 Å². The van der Waals surface area contributed by atoms with Gasteiger partial charge in [0.25, 0.3) is 0 Å². The second-order valence-corrected chi connectivity index (χ2v) is 9.11. The lowest BCUT2D eigenvalue weighted by Crippen LogP contribution is -2.08. The van der Waals surface area contributed by atoms with Crippen LogP contribution in [0.5, 0.6) is 11.5 Å². The maximum atomic E-state index is 14.0.